The highest BCUT2D eigenvalue weighted by Crippen LogP contribution is 2.36. The number of methoxy groups -OCH3 is 2. The van der Waals surface area contributed by atoms with Crippen molar-refractivity contribution in [2.45, 2.75) is 45.8 Å². The summed E-state index contributed by atoms with van der Waals surface area (Å²) in [5.74, 6) is 1.37. The predicted molar refractivity (Wildman–Crippen MR) is 128 cm³/mol. The van der Waals surface area contributed by atoms with E-state index in [0.717, 1.165) is 36.4 Å². The minimum Gasteiger partial charge on any atom is -0.497 e. The second-order valence-electron chi connectivity index (χ2n) is 9.82. The van der Waals surface area contributed by atoms with Crippen LogP contribution in [0.5, 0.6) is 11.5 Å². The maximum absolute atomic E-state index is 12.6. The molecule has 33 heavy (non-hydrogen) atoms. The summed E-state index contributed by atoms with van der Waals surface area (Å²) in [6.07, 6.45) is 3.49. The Balaban J connectivity index is 1.81. The molecule has 3 rings (SSSR count). The van der Waals surface area contributed by atoms with Crippen molar-refractivity contribution >= 4 is 5.91 Å². The number of carbonyl (C=O) groups is 1. The number of aromatic nitrogens is 1. The van der Waals surface area contributed by atoms with Crippen LogP contribution in [0.2, 0.25) is 0 Å². The van der Waals surface area contributed by atoms with Gasteiger partial charge in [0.05, 0.1) is 26.5 Å². The molecule has 0 spiro atoms. The SMILES string of the molecule is COc1ccc(CN2CCC[C@H]([C@@](O)(CNC(=O)C(C)(C)C)c3ccccn3)C2)c(OC)c1. The molecule has 1 aromatic heterocycles. The lowest BCUT2D eigenvalue weighted by molar-refractivity contribution is -0.131. The molecule has 1 fully saturated rings. The zero-order chi connectivity index (χ0) is 24.1. The van der Waals surface area contributed by atoms with E-state index in [1.165, 1.54) is 0 Å². The van der Waals surface area contributed by atoms with Crippen molar-refractivity contribution in [1.29, 1.82) is 0 Å². The Bertz CT molecular complexity index is 929. The molecule has 0 aliphatic carbocycles. The smallest absolute Gasteiger partial charge is 0.225 e. The molecule has 2 heterocycles. The average Bonchev–Trinajstić information content (AvgIpc) is 2.82. The minimum atomic E-state index is -1.26. The second kappa shape index (κ2) is 10.5. The van der Waals surface area contributed by atoms with Crippen LogP contribution in [0.3, 0.4) is 0 Å². The van der Waals surface area contributed by atoms with Crippen LogP contribution in [0, 0.1) is 11.3 Å². The van der Waals surface area contributed by atoms with Crippen molar-refractivity contribution in [1.82, 2.24) is 15.2 Å². The quantitative estimate of drug-likeness (QED) is 0.635. The molecule has 180 valence electrons. The standard InChI is InChI=1S/C26H37N3O4/c1-25(2,3)24(30)28-18-26(31,23-10-6-7-13-27-23)20-9-8-14-29(17-20)16-19-11-12-21(32-4)15-22(19)33-5/h6-7,10-13,15,20,31H,8-9,14,16-18H2,1-5H3,(H,28,30)/t20-,26-/m0/s1. The van der Waals surface area contributed by atoms with Crippen molar-refractivity contribution in [2.24, 2.45) is 11.3 Å². The molecular formula is C26H37N3O4. The summed E-state index contributed by atoms with van der Waals surface area (Å²) in [6, 6.07) is 11.4. The third kappa shape index (κ3) is 6.03. The van der Waals surface area contributed by atoms with Crippen molar-refractivity contribution in [3.63, 3.8) is 0 Å². The Morgan fingerprint density at radius 3 is 2.64 bits per heavy atom. The number of nitrogens with one attached hydrogen (secondary N) is 1. The largest absolute Gasteiger partial charge is 0.497 e. The topological polar surface area (TPSA) is 83.9 Å². The molecule has 2 aromatic rings. The highest BCUT2D eigenvalue weighted by atomic mass is 16.5. The Hall–Kier alpha value is -2.64. The van der Waals surface area contributed by atoms with Crippen molar-refractivity contribution in [2.75, 3.05) is 33.9 Å². The zero-order valence-electron chi connectivity index (χ0n) is 20.4. The van der Waals surface area contributed by atoms with Crippen LogP contribution in [-0.4, -0.2) is 54.8 Å². The third-order valence-electron chi connectivity index (χ3n) is 6.38. The first-order valence-electron chi connectivity index (χ1n) is 11.5. The monoisotopic (exact) mass is 455 g/mol. The van der Waals surface area contributed by atoms with E-state index in [4.69, 9.17) is 9.47 Å². The van der Waals surface area contributed by atoms with E-state index in [1.807, 2.05) is 57.2 Å². The minimum absolute atomic E-state index is 0.0781. The number of carbonyl (C=O) groups excluding carboxylic acids is 1. The summed E-state index contributed by atoms with van der Waals surface area (Å²) in [5, 5.41) is 14.9. The van der Waals surface area contributed by atoms with Gasteiger partial charge in [-0.25, -0.2) is 0 Å². The average molecular weight is 456 g/mol. The van der Waals surface area contributed by atoms with Crippen LogP contribution in [0.4, 0.5) is 0 Å². The van der Waals surface area contributed by atoms with Crippen LogP contribution in [-0.2, 0) is 16.9 Å². The molecule has 0 unspecified atom stereocenters. The fraction of sp³-hybridized carbons (Fsp3) is 0.538. The van der Waals surface area contributed by atoms with Gasteiger partial charge in [-0.15, -0.1) is 0 Å². The van der Waals surface area contributed by atoms with Gasteiger partial charge in [0.2, 0.25) is 5.91 Å². The number of pyridine rings is 1. The van der Waals surface area contributed by atoms with Gasteiger partial charge in [0.1, 0.15) is 17.1 Å². The first-order valence-corrected chi connectivity index (χ1v) is 11.5. The van der Waals surface area contributed by atoms with Crippen molar-refractivity contribution in [3.8, 4) is 11.5 Å². The van der Waals surface area contributed by atoms with Gasteiger partial charge in [-0.05, 0) is 37.6 Å². The van der Waals surface area contributed by atoms with E-state index in [9.17, 15) is 9.90 Å². The third-order valence-corrected chi connectivity index (χ3v) is 6.38. The molecule has 2 atom stereocenters. The summed E-state index contributed by atoms with van der Waals surface area (Å²) < 4.78 is 10.9. The Morgan fingerprint density at radius 1 is 1.21 bits per heavy atom. The fourth-order valence-electron chi connectivity index (χ4n) is 4.36. The molecule has 7 nitrogen and oxygen atoms in total. The van der Waals surface area contributed by atoms with E-state index in [-0.39, 0.29) is 18.4 Å². The number of piperidine rings is 1. The lowest BCUT2D eigenvalue weighted by atomic mass is 9.78. The Morgan fingerprint density at radius 2 is 2.00 bits per heavy atom. The fourth-order valence-corrected chi connectivity index (χ4v) is 4.36. The summed E-state index contributed by atoms with van der Waals surface area (Å²) in [4.78, 5) is 19.4. The number of likely N-dealkylation sites (tertiary alicyclic amines) is 1. The number of hydrogen-bond acceptors (Lipinski definition) is 6. The molecule has 1 aliphatic heterocycles. The Labute approximate surface area is 197 Å². The van der Waals surface area contributed by atoms with Gasteiger partial charge < -0.3 is 19.9 Å². The molecular weight excluding hydrogens is 418 g/mol. The van der Waals surface area contributed by atoms with Crippen LogP contribution in [0.25, 0.3) is 0 Å². The molecule has 1 aliphatic rings. The first-order chi connectivity index (χ1) is 15.7. The van der Waals surface area contributed by atoms with E-state index in [0.29, 0.717) is 18.8 Å². The van der Waals surface area contributed by atoms with E-state index in [1.54, 1.807) is 20.4 Å². The maximum Gasteiger partial charge on any atom is 0.225 e. The molecule has 7 heteroatoms. The van der Waals surface area contributed by atoms with Crippen LogP contribution < -0.4 is 14.8 Å². The van der Waals surface area contributed by atoms with E-state index < -0.39 is 11.0 Å². The molecule has 1 saturated heterocycles. The molecule has 0 radical (unpaired) electrons. The zero-order valence-corrected chi connectivity index (χ0v) is 20.4. The number of benzene rings is 1. The van der Waals surface area contributed by atoms with Crippen LogP contribution >= 0.6 is 0 Å². The van der Waals surface area contributed by atoms with Crippen LogP contribution in [0.1, 0.15) is 44.9 Å². The summed E-state index contributed by atoms with van der Waals surface area (Å²) in [7, 11) is 3.30. The number of ether oxygens (including phenoxy) is 2. The lowest BCUT2D eigenvalue weighted by Crippen LogP contribution is -2.53. The summed E-state index contributed by atoms with van der Waals surface area (Å²) in [5.41, 5.74) is -0.131. The maximum atomic E-state index is 12.6. The second-order valence-corrected chi connectivity index (χ2v) is 9.82. The number of nitrogens with zero attached hydrogens (tertiary/aromatic N) is 2. The van der Waals surface area contributed by atoms with Gasteiger partial charge in [-0.1, -0.05) is 32.9 Å². The van der Waals surface area contributed by atoms with Gasteiger partial charge in [0.25, 0.3) is 0 Å². The molecule has 1 aromatic carbocycles. The van der Waals surface area contributed by atoms with Gasteiger partial charge in [0.15, 0.2) is 0 Å². The highest BCUT2D eigenvalue weighted by Gasteiger charge is 2.42. The number of amides is 1. The van der Waals surface area contributed by atoms with Gasteiger partial charge in [-0.3, -0.25) is 14.7 Å². The van der Waals surface area contributed by atoms with E-state index >= 15 is 0 Å². The number of rotatable bonds is 8. The number of hydrogen-bond donors (Lipinski definition) is 2. The lowest BCUT2D eigenvalue weighted by Gasteiger charge is -2.42. The van der Waals surface area contributed by atoms with Crippen molar-refractivity contribution in [3.05, 3.63) is 53.9 Å². The van der Waals surface area contributed by atoms with Gasteiger partial charge in [-0.2, -0.15) is 0 Å². The predicted octanol–water partition coefficient (Wildman–Crippen LogP) is 3.36. The van der Waals surface area contributed by atoms with Crippen molar-refractivity contribution < 1.29 is 19.4 Å². The van der Waals surface area contributed by atoms with Gasteiger partial charge in [0, 0.05) is 42.2 Å². The number of aliphatic hydroxyl groups is 1. The first kappa shape index (κ1) is 25.0. The summed E-state index contributed by atoms with van der Waals surface area (Å²) >= 11 is 0. The van der Waals surface area contributed by atoms with Gasteiger partial charge >= 0.3 is 0 Å². The molecule has 0 bridgehead atoms. The normalized spacial score (nSPS) is 18.9. The molecule has 0 saturated carbocycles. The summed E-state index contributed by atoms with van der Waals surface area (Å²) in [6.45, 7) is 8.05. The highest BCUT2D eigenvalue weighted by molar-refractivity contribution is 5.81. The molecule has 2 N–H and O–H groups in total. The van der Waals surface area contributed by atoms with Crippen LogP contribution in [0.15, 0.2) is 42.6 Å². The molecule has 1 amide bonds. The Kier molecular flexibility index (Phi) is 7.97. The van der Waals surface area contributed by atoms with E-state index in [2.05, 4.69) is 15.2 Å².